The number of nitrogens with one attached hydrogen (secondary N) is 1. The average molecular weight is 242 g/mol. The molecule has 0 aromatic rings. The van der Waals surface area contributed by atoms with Gasteiger partial charge in [-0.1, -0.05) is 0 Å². The van der Waals surface area contributed by atoms with Crippen molar-refractivity contribution in [3.63, 3.8) is 0 Å². The monoisotopic (exact) mass is 242 g/mol. The van der Waals surface area contributed by atoms with Crippen LogP contribution in [0, 0.1) is 0 Å². The SMILES string of the molecule is O=C(O)[C@@H]1C[C@H](O)CN1C(=O)CC1CCCN1. The number of rotatable bonds is 3. The highest BCUT2D eigenvalue weighted by molar-refractivity contribution is 5.84. The number of aliphatic hydroxyl groups is 1. The molecule has 0 aromatic heterocycles. The van der Waals surface area contributed by atoms with E-state index >= 15 is 0 Å². The number of carboxylic acid groups (broad SMARTS) is 1. The summed E-state index contributed by atoms with van der Waals surface area (Å²) >= 11 is 0. The van der Waals surface area contributed by atoms with Gasteiger partial charge < -0.3 is 20.4 Å². The third-order valence-electron chi connectivity index (χ3n) is 3.47. The number of nitrogens with zero attached hydrogens (tertiary/aromatic N) is 1. The Morgan fingerprint density at radius 2 is 2.18 bits per heavy atom. The van der Waals surface area contributed by atoms with E-state index in [2.05, 4.69) is 5.32 Å². The molecule has 2 rings (SSSR count). The van der Waals surface area contributed by atoms with Gasteiger partial charge in [-0.15, -0.1) is 0 Å². The molecule has 96 valence electrons. The van der Waals surface area contributed by atoms with Gasteiger partial charge in [0, 0.05) is 25.4 Å². The lowest BCUT2D eigenvalue weighted by molar-refractivity contribution is -0.148. The number of likely N-dealkylation sites (tertiary alicyclic amines) is 1. The lowest BCUT2D eigenvalue weighted by atomic mass is 10.1. The minimum absolute atomic E-state index is 0.138. The lowest BCUT2D eigenvalue weighted by Gasteiger charge is -2.22. The Bertz CT molecular complexity index is 315. The predicted octanol–water partition coefficient (Wildman–Crippen LogP) is -0.825. The van der Waals surface area contributed by atoms with Gasteiger partial charge in [0.1, 0.15) is 6.04 Å². The number of carbonyl (C=O) groups is 2. The van der Waals surface area contributed by atoms with Crippen LogP contribution in [-0.4, -0.2) is 58.3 Å². The van der Waals surface area contributed by atoms with Crippen molar-refractivity contribution < 1.29 is 19.8 Å². The van der Waals surface area contributed by atoms with Crippen LogP contribution in [0.1, 0.15) is 25.7 Å². The number of carbonyl (C=O) groups excluding carboxylic acids is 1. The van der Waals surface area contributed by atoms with E-state index in [9.17, 15) is 14.7 Å². The van der Waals surface area contributed by atoms with Gasteiger partial charge in [-0.3, -0.25) is 4.79 Å². The predicted molar refractivity (Wildman–Crippen MR) is 59.4 cm³/mol. The topological polar surface area (TPSA) is 89.9 Å². The van der Waals surface area contributed by atoms with E-state index in [1.807, 2.05) is 0 Å². The smallest absolute Gasteiger partial charge is 0.326 e. The fourth-order valence-corrected chi connectivity index (χ4v) is 2.58. The van der Waals surface area contributed by atoms with Gasteiger partial charge >= 0.3 is 5.97 Å². The van der Waals surface area contributed by atoms with E-state index in [-0.39, 0.29) is 24.9 Å². The minimum Gasteiger partial charge on any atom is -0.480 e. The molecule has 1 amide bonds. The molecule has 2 saturated heterocycles. The Labute approximate surface area is 99.6 Å². The van der Waals surface area contributed by atoms with Gasteiger partial charge in [-0.2, -0.15) is 0 Å². The van der Waals surface area contributed by atoms with Crippen molar-refractivity contribution in [3.8, 4) is 0 Å². The first-order valence-corrected chi connectivity index (χ1v) is 6.01. The van der Waals surface area contributed by atoms with Gasteiger partial charge in [0.05, 0.1) is 6.10 Å². The van der Waals surface area contributed by atoms with Crippen LogP contribution in [0.15, 0.2) is 0 Å². The molecule has 0 radical (unpaired) electrons. The second-order valence-electron chi connectivity index (χ2n) is 4.79. The summed E-state index contributed by atoms with van der Waals surface area (Å²) in [7, 11) is 0. The summed E-state index contributed by atoms with van der Waals surface area (Å²) in [6, 6.07) is -0.700. The van der Waals surface area contributed by atoms with E-state index < -0.39 is 18.1 Å². The van der Waals surface area contributed by atoms with Crippen molar-refractivity contribution in [2.24, 2.45) is 0 Å². The molecule has 2 fully saturated rings. The maximum absolute atomic E-state index is 12.0. The Morgan fingerprint density at radius 3 is 2.76 bits per heavy atom. The fraction of sp³-hybridized carbons (Fsp3) is 0.818. The van der Waals surface area contributed by atoms with Crippen molar-refractivity contribution in [2.45, 2.75) is 43.9 Å². The molecule has 2 heterocycles. The minimum atomic E-state index is -1.03. The van der Waals surface area contributed by atoms with Crippen LogP contribution in [0.2, 0.25) is 0 Å². The molecule has 3 atom stereocenters. The largest absolute Gasteiger partial charge is 0.480 e. The van der Waals surface area contributed by atoms with E-state index in [4.69, 9.17) is 5.11 Å². The summed E-state index contributed by atoms with van der Waals surface area (Å²) in [6.07, 6.45) is 1.77. The zero-order valence-electron chi connectivity index (χ0n) is 9.63. The van der Waals surface area contributed by atoms with Gasteiger partial charge in [0.2, 0.25) is 5.91 Å². The molecule has 6 heteroatoms. The normalized spacial score (nSPS) is 33.0. The fourth-order valence-electron chi connectivity index (χ4n) is 2.58. The van der Waals surface area contributed by atoms with Crippen LogP contribution in [0.4, 0.5) is 0 Å². The van der Waals surface area contributed by atoms with Crippen LogP contribution in [-0.2, 0) is 9.59 Å². The molecular weight excluding hydrogens is 224 g/mol. The second-order valence-corrected chi connectivity index (χ2v) is 4.79. The molecular formula is C11H18N2O4. The molecule has 17 heavy (non-hydrogen) atoms. The first-order chi connectivity index (χ1) is 8.08. The third-order valence-corrected chi connectivity index (χ3v) is 3.47. The molecule has 0 saturated carbocycles. The number of β-amino-alcohol motifs (C(OH)–C–C–N with tert-alkyl or cyclic N) is 1. The van der Waals surface area contributed by atoms with Crippen molar-refractivity contribution in [3.05, 3.63) is 0 Å². The number of aliphatic carboxylic acids is 1. The Balaban J connectivity index is 1.94. The lowest BCUT2D eigenvalue weighted by Crippen LogP contribution is -2.42. The molecule has 6 nitrogen and oxygen atoms in total. The van der Waals surface area contributed by atoms with E-state index in [1.54, 1.807) is 0 Å². The Hall–Kier alpha value is -1.14. The molecule has 2 aliphatic heterocycles. The highest BCUT2D eigenvalue weighted by Gasteiger charge is 2.39. The van der Waals surface area contributed by atoms with Crippen LogP contribution in [0.5, 0.6) is 0 Å². The van der Waals surface area contributed by atoms with Crippen LogP contribution in [0.25, 0.3) is 0 Å². The number of carboxylic acids is 1. The molecule has 1 unspecified atom stereocenters. The van der Waals surface area contributed by atoms with Gasteiger partial charge in [0.15, 0.2) is 0 Å². The zero-order chi connectivity index (χ0) is 12.4. The number of amides is 1. The number of hydrogen-bond acceptors (Lipinski definition) is 4. The summed E-state index contributed by atoms with van der Waals surface area (Å²) in [5.74, 6) is -1.21. The third kappa shape index (κ3) is 2.76. The van der Waals surface area contributed by atoms with Crippen LogP contribution < -0.4 is 5.32 Å². The van der Waals surface area contributed by atoms with Gasteiger partial charge in [0.25, 0.3) is 0 Å². The second kappa shape index (κ2) is 5.01. The molecule has 2 aliphatic rings. The van der Waals surface area contributed by atoms with Crippen molar-refractivity contribution in [1.29, 1.82) is 0 Å². The highest BCUT2D eigenvalue weighted by atomic mass is 16.4. The zero-order valence-corrected chi connectivity index (χ0v) is 9.63. The van der Waals surface area contributed by atoms with Crippen LogP contribution >= 0.6 is 0 Å². The van der Waals surface area contributed by atoms with Gasteiger partial charge in [-0.25, -0.2) is 4.79 Å². The summed E-state index contributed by atoms with van der Waals surface area (Å²) in [6.45, 7) is 1.06. The quantitative estimate of drug-likeness (QED) is 0.601. The average Bonchev–Trinajstić information content (AvgIpc) is 2.86. The first-order valence-electron chi connectivity index (χ1n) is 6.01. The molecule has 0 aliphatic carbocycles. The maximum atomic E-state index is 12.0. The molecule has 0 spiro atoms. The molecule has 3 N–H and O–H groups in total. The van der Waals surface area contributed by atoms with Crippen molar-refractivity contribution in [2.75, 3.05) is 13.1 Å². The molecule has 0 bridgehead atoms. The molecule has 0 aromatic carbocycles. The Kier molecular flexibility index (Phi) is 3.63. The number of aliphatic hydroxyl groups excluding tert-OH is 1. The Morgan fingerprint density at radius 1 is 1.41 bits per heavy atom. The summed E-state index contributed by atoms with van der Waals surface area (Å²) < 4.78 is 0. The van der Waals surface area contributed by atoms with Crippen LogP contribution in [0.3, 0.4) is 0 Å². The number of hydrogen-bond donors (Lipinski definition) is 3. The summed E-state index contributed by atoms with van der Waals surface area (Å²) in [5, 5.41) is 21.7. The van der Waals surface area contributed by atoms with Crippen molar-refractivity contribution >= 4 is 11.9 Å². The first kappa shape index (κ1) is 12.3. The standard InChI is InChI=1S/C11H18N2O4/c14-8-5-9(11(16)17)13(6-8)10(15)4-7-2-1-3-12-7/h7-9,12,14H,1-6H2,(H,16,17)/t7?,8-,9-/m0/s1. The highest BCUT2D eigenvalue weighted by Crippen LogP contribution is 2.20. The van der Waals surface area contributed by atoms with E-state index in [1.165, 1.54) is 4.90 Å². The van der Waals surface area contributed by atoms with E-state index in [0.717, 1.165) is 19.4 Å². The maximum Gasteiger partial charge on any atom is 0.326 e. The van der Waals surface area contributed by atoms with E-state index in [0.29, 0.717) is 6.42 Å². The summed E-state index contributed by atoms with van der Waals surface area (Å²) in [4.78, 5) is 24.3. The van der Waals surface area contributed by atoms with Gasteiger partial charge in [-0.05, 0) is 19.4 Å². The van der Waals surface area contributed by atoms with Crippen molar-refractivity contribution in [1.82, 2.24) is 10.2 Å². The summed E-state index contributed by atoms with van der Waals surface area (Å²) in [5.41, 5.74) is 0.